The fraction of sp³-hybridized carbons (Fsp3) is 0. The van der Waals surface area contributed by atoms with Crippen molar-refractivity contribution in [2.75, 3.05) is 0 Å². The van der Waals surface area contributed by atoms with E-state index in [9.17, 15) is 0 Å². The van der Waals surface area contributed by atoms with Gasteiger partial charge in [-0.3, -0.25) is 8.42 Å². The first-order chi connectivity index (χ1) is 3.73. The van der Waals surface area contributed by atoms with Crippen molar-refractivity contribution in [1.82, 2.24) is 0 Å². The smallest absolute Gasteiger partial charge is 0.832 e. The summed E-state index contributed by atoms with van der Waals surface area (Å²) in [5.41, 5.74) is 0. The zero-order valence-electron chi connectivity index (χ0n) is 5.63. The molecule has 0 aromatic rings. The molecule has 0 aliphatic carbocycles. The Hall–Kier alpha value is 1.58. The Balaban J connectivity index is -0.0000000383. The van der Waals surface area contributed by atoms with Crippen LogP contribution in [0.2, 0.25) is 0 Å². The molecule has 0 rings (SSSR count). The Morgan fingerprint density at radius 1 is 1.18 bits per heavy atom. The van der Waals surface area contributed by atoms with E-state index in [4.69, 9.17) is 32.6 Å². The SMILES string of the molecule is O=S(=O)([O-])[O-].[Mg+2].[Na+].[O-]B(O)O. The fourth-order valence-corrected chi connectivity index (χ4v) is 0. The summed E-state index contributed by atoms with van der Waals surface area (Å²) in [6, 6.07) is 0. The van der Waals surface area contributed by atoms with Crippen molar-refractivity contribution in [3.63, 3.8) is 0 Å². The van der Waals surface area contributed by atoms with Crippen molar-refractivity contribution < 1.29 is 62.2 Å². The molecule has 0 unspecified atom stereocenters. The normalized spacial score (nSPS) is 7.73. The van der Waals surface area contributed by atoms with E-state index in [1.54, 1.807) is 0 Å². The third-order valence-electron chi connectivity index (χ3n) is 0. The Morgan fingerprint density at radius 2 is 1.18 bits per heavy atom. The molecule has 2 N–H and O–H groups in total. The summed E-state index contributed by atoms with van der Waals surface area (Å²) in [5, 5.41) is 22.8. The summed E-state index contributed by atoms with van der Waals surface area (Å²) in [4.78, 5) is 0. The molecular weight excluding hydrogens is 202 g/mol. The average molecular weight is 204 g/mol. The van der Waals surface area contributed by atoms with E-state index >= 15 is 0 Å². The molecule has 56 valence electrons. The third kappa shape index (κ3) is 425. The van der Waals surface area contributed by atoms with Crippen molar-refractivity contribution in [2.45, 2.75) is 0 Å². The fourth-order valence-electron chi connectivity index (χ4n) is 0. The second-order valence-corrected chi connectivity index (χ2v) is 1.55. The molecule has 0 aromatic heterocycles. The summed E-state index contributed by atoms with van der Waals surface area (Å²) in [6.45, 7) is 0. The summed E-state index contributed by atoms with van der Waals surface area (Å²) < 4.78 is 34.1. The maximum Gasteiger partial charge on any atom is 2.00 e. The second kappa shape index (κ2) is 11.6. The molecule has 0 atom stereocenters. The molecule has 11 heteroatoms. The van der Waals surface area contributed by atoms with E-state index in [1.165, 1.54) is 0 Å². The zero-order chi connectivity index (χ0) is 8.08. The van der Waals surface area contributed by atoms with Crippen molar-refractivity contribution in [3.05, 3.63) is 0 Å². The molecule has 0 radical (unpaired) electrons. The topological polar surface area (TPSA) is 144 Å². The second-order valence-electron chi connectivity index (χ2n) is 0.735. The Morgan fingerprint density at radius 3 is 1.18 bits per heavy atom. The van der Waals surface area contributed by atoms with Crippen molar-refractivity contribution >= 4 is 40.8 Å². The van der Waals surface area contributed by atoms with Gasteiger partial charge in [-0.2, -0.15) is 0 Å². The van der Waals surface area contributed by atoms with Crippen LogP contribution in [0, 0.1) is 0 Å². The van der Waals surface area contributed by atoms with E-state index in [2.05, 4.69) is 0 Å². The van der Waals surface area contributed by atoms with Crippen LogP contribution in [-0.2, 0) is 10.4 Å². The Kier molecular flexibility index (Phi) is 24.1. The first kappa shape index (κ1) is 22.9. The summed E-state index contributed by atoms with van der Waals surface area (Å²) >= 11 is 0. The quantitative estimate of drug-likeness (QED) is 0.226. The van der Waals surface area contributed by atoms with Crippen LogP contribution in [0.4, 0.5) is 0 Å². The number of rotatable bonds is 0. The van der Waals surface area contributed by atoms with Crippen LogP contribution in [-0.4, -0.2) is 57.9 Å². The summed E-state index contributed by atoms with van der Waals surface area (Å²) in [6.07, 6.45) is 0. The van der Waals surface area contributed by atoms with Crippen LogP contribution in [0.5, 0.6) is 0 Å². The predicted octanol–water partition coefficient (Wildman–Crippen LogP) is -7.40. The van der Waals surface area contributed by atoms with Gasteiger partial charge in [-0.05, 0) is 0 Å². The van der Waals surface area contributed by atoms with Gasteiger partial charge in [0.2, 0.25) is 0 Å². The van der Waals surface area contributed by atoms with E-state index in [1.807, 2.05) is 0 Å². The van der Waals surface area contributed by atoms with Gasteiger partial charge in [-0.15, -0.1) is 0 Å². The van der Waals surface area contributed by atoms with Gasteiger partial charge in [0.25, 0.3) is 0 Å². The van der Waals surface area contributed by atoms with Crippen LogP contribution in [0.15, 0.2) is 0 Å². The maximum absolute atomic E-state index is 8.64. The van der Waals surface area contributed by atoms with Gasteiger partial charge in [0, 0.05) is 10.4 Å². The van der Waals surface area contributed by atoms with Gasteiger partial charge >= 0.3 is 59.9 Å². The summed E-state index contributed by atoms with van der Waals surface area (Å²) in [7, 11) is -7.58. The first-order valence-electron chi connectivity index (χ1n) is 1.42. The standard InChI is InChI=1S/BH2O3.Mg.Na.H2O4S/c2-1(3)4;;;1-5(2,3)4/h2-3H;;;(H2,1,2,3,4)/q-1;+2;+1;/p-2. The van der Waals surface area contributed by atoms with Crippen molar-refractivity contribution in [3.8, 4) is 0 Å². The Bertz CT molecular complexity index is 130. The van der Waals surface area contributed by atoms with Crippen LogP contribution in [0.1, 0.15) is 0 Å². The monoisotopic (exact) mass is 204 g/mol. The molecule has 0 aliphatic rings. The molecule has 0 bridgehead atoms. The van der Waals surface area contributed by atoms with Crippen LogP contribution < -0.4 is 34.6 Å². The molecule has 0 saturated heterocycles. The van der Waals surface area contributed by atoms with E-state index in [-0.39, 0.29) is 52.6 Å². The zero-order valence-corrected chi connectivity index (χ0v) is 9.86. The van der Waals surface area contributed by atoms with Gasteiger partial charge in [-0.25, -0.2) is 0 Å². The molecule has 0 aromatic carbocycles. The molecule has 11 heavy (non-hydrogen) atoms. The summed E-state index contributed by atoms with van der Waals surface area (Å²) in [5.74, 6) is 0. The van der Waals surface area contributed by atoms with Gasteiger partial charge in [-0.1, -0.05) is 0 Å². The van der Waals surface area contributed by atoms with Gasteiger partial charge < -0.3 is 24.2 Å². The van der Waals surface area contributed by atoms with Crippen molar-refractivity contribution in [2.24, 2.45) is 0 Å². The molecule has 7 nitrogen and oxygen atoms in total. The van der Waals surface area contributed by atoms with E-state index in [0.717, 1.165) is 0 Å². The molecule has 0 aliphatic heterocycles. The van der Waals surface area contributed by atoms with E-state index < -0.39 is 17.7 Å². The first-order valence-corrected chi connectivity index (χ1v) is 2.75. The predicted molar refractivity (Wildman–Crippen MR) is 26.4 cm³/mol. The molecule has 0 saturated carbocycles. The largest absolute Gasteiger partial charge is 2.00 e. The van der Waals surface area contributed by atoms with Crippen LogP contribution >= 0.6 is 0 Å². The minimum Gasteiger partial charge on any atom is -0.832 e. The molecule has 0 fully saturated rings. The molecule has 0 heterocycles. The van der Waals surface area contributed by atoms with E-state index in [0.29, 0.717) is 0 Å². The van der Waals surface area contributed by atoms with Gasteiger partial charge in [0.1, 0.15) is 0 Å². The Labute approximate surface area is 102 Å². The van der Waals surface area contributed by atoms with Gasteiger partial charge in [0.05, 0.1) is 0 Å². The van der Waals surface area contributed by atoms with Gasteiger partial charge in [0.15, 0.2) is 0 Å². The minimum absolute atomic E-state index is 0. The molecule has 0 spiro atoms. The molecule has 0 amide bonds. The minimum atomic E-state index is -5.17. The van der Waals surface area contributed by atoms with Crippen LogP contribution in [0.25, 0.3) is 0 Å². The third-order valence-corrected chi connectivity index (χ3v) is 0. The van der Waals surface area contributed by atoms with Crippen LogP contribution in [0.3, 0.4) is 0 Å². The average Bonchev–Trinajstić information content (AvgIpc) is 1.19. The molecular formula is H2BMgNaO7S. The number of hydrogen-bond donors (Lipinski definition) is 2. The van der Waals surface area contributed by atoms with Crippen molar-refractivity contribution in [1.29, 1.82) is 0 Å². The number of hydrogen-bond acceptors (Lipinski definition) is 7. The maximum atomic E-state index is 8.64.